The van der Waals surface area contributed by atoms with Crippen molar-refractivity contribution in [2.45, 2.75) is 92.1 Å². The van der Waals surface area contributed by atoms with E-state index in [-0.39, 0.29) is 11.0 Å². The van der Waals surface area contributed by atoms with Crippen molar-refractivity contribution >= 4 is 17.3 Å². The number of carbonyl (C=O) groups excluding carboxylic acids is 1. The maximum atomic E-state index is 12.9. The van der Waals surface area contributed by atoms with Crippen molar-refractivity contribution in [2.24, 2.45) is 35.0 Å². The van der Waals surface area contributed by atoms with Crippen LogP contribution in [0.15, 0.2) is 65.8 Å². The van der Waals surface area contributed by atoms with Gasteiger partial charge in [-0.25, -0.2) is 4.79 Å². The summed E-state index contributed by atoms with van der Waals surface area (Å²) in [7, 11) is 0. The molecule has 3 aliphatic carbocycles. The molecule has 4 rings (SSSR count). The van der Waals surface area contributed by atoms with E-state index in [1.165, 1.54) is 31.3 Å². The normalized spacial score (nSPS) is 29.2. The van der Waals surface area contributed by atoms with Gasteiger partial charge >= 0.3 is 5.97 Å². The van der Waals surface area contributed by atoms with Crippen LogP contribution in [0.25, 0.3) is 0 Å². The molecule has 1 aromatic carbocycles. The monoisotopic (exact) mass is 590 g/mol. The first-order valence-corrected chi connectivity index (χ1v) is 15.7. The highest BCUT2D eigenvalue weighted by molar-refractivity contribution is 5.91. The Labute approximate surface area is 255 Å². The summed E-state index contributed by atoms with van der Waals surface area (Å²) in [5.74, 6) is 2.21. The number of nitrogens with zero attached hydrogens (tertiary/aromatic N) is 2. The summed E-state index contributed by atoms with van der Waals surface area (Å²) in [6.07, 6.45) is 16.6. The molecule has 0 amide bonds. The number of esters is 1. The van der Waals surface area contributed by atoms with Crippen LogP contribution in [0.5, 0.6) is 0 Å². The Bertz CT molecular complexity index is 1330. The fourth-order valence-corrected chi connectivity index (χ4v) is 7.47. The Morgan fingerprint density at radius 1 is 1.00 bits per heavy atom. The van der Waals surface area contributed by atoms with E-state index >= 15 is 0 Å². The quantitative estimate of drug-likeness (QED) is 0.123. The Morgan fingerprint density at radius 3 is 2.30 bits per heavy atom. The zero-order valence-electron chi connectivity index (χ0n) is 26.2. The standard InChI is InChI=1S/C35H46N2O6/c1-22(2)23(3)9-10-25(5)32-15-16-33-26(8-7-17-35(32,33)6)12-13-27-20-31(14-11-24(27)4)43-34(38)28-18-29(36(39)40)21-30(19-28)37(41)42/h9-10,12-13,18-19,21-23,25,31-33H,4,7-8,11,14-17,20H2,1-3,5-6H3/b10-9+,26-12+,27-13+/t23-,25-,31-,32+,33+,35-/m0/s1. The molecule has 1 aromatic rings. The van der Waals surface area contributed by atoms with Gasteiger partial charge in [-0.3, -0.25) is 20.2 Å². The number of rotatable bonds is 9. The minimum absolute atomic E-state index is 0.196. The predicted octanol–water partition coefficient (Wildman–Crippen LogP) is 9.32. The van der Waals surface area contributed by atoms with Crippen molar-refractivity contribution in [3.05, 3.63) is 91.6 Å². The molecule has 6 atom stereocenters. The Kier molecular flexibility index (Phi) is 10.1. The minimum atomic E-state index is -0.798. The number of hydrogen-bond donors (Lipinski definition) is 0. The second-order valence-electron chi connectivity index (χ2n) is 13.5. The first-order valence-electron chi connectivity index (χ1n) is 15.7. The van der Waals surface area contributed by atoms with Gasteiger partial charge < -0.3 is 4.74 Å². The first-order chi connectivity index (χ1) is 20.3. The molecule has 232 valence electrons. The van der Waals surface area contributed by atoms with E-state index in [1.807, 2.05) is 0 Å². The zero-order chi connectivity index (χ0) is 31.5. The van der Waals surface area contributed by atoms with E-state index in [1.54, 1.807) is 0 Å². The number of allylic oxidation sites excluding steroid dienone is 6. The van der Waals surface area contributed by atoms with E-state index in [4.69, 9.17) is 4.74 Å². The average Bonchev–Trinajstić information content (AvgIpc) is 3.33. The van der Waals surface area contributed by atoms with E-state index in [0.717, 1.165) is 35.8 Å². The largest absolute Gasteiger partial charge is 0.458 e. The molecule has 0 heterocycles. The molecule has 43 heavy (non-hydrogen) atoms. The van der Waals surface area contributed by atoms with Gasteiger partial charge in [-0.2, -0.15) is 0 Å². The van der Waals surface area contributed by atoms with Crippen LogP contribution in [0.1, 0.15) is 96.3 Å². The number of carbonyl (C=O) groups is 1. The number of nitro benzene ring substituents is 2. The summed E-state index contributed by atoms with van der Waals surface area (Å²) in [4.78, 5) is 33.9. The summed E-state index contributed by atoms with van der Waals surface area (Å²) in [5, 5.41) is 22.5. The number of nitro groups is 2. The summed E-state index contributed by atoms with van der Waals surface area (Å²) in [6.45, 7) is 16.0. The van der Waals surface area contributed by atoms with E-state index in [2.05, 4.69) is 65.5 Å². The van der Waals surface area contributed by atoms with Gasteiger partial charge in [-0.15, -0.1) is 0 Å². The number of fused-ring (bicyclic) bond motifs is 1. The lowest BCUT2D eigenvalue weighted by Crippen LogP contribution is -2.35. The van der Waals surface area contributed by atoms with Crippen molar-refractivity contribution in [3.8, 4) is 0 Å². The zero-order valence-corrected chi connectivity index (χ0v) is 26.2. The number of hydrogen-bond acceptors (Lipinski definition) is 6. The molecule has 0 N–H and O–H groups in total. The highest BCUT2D eigenvalue weighted by Gasteiger charge is 2.50. The van der Waals surface area contributed by atoms with Crippen molar-refractivity contribution in [1.29, 1.82) is 0 Å². The maximum absolute atomic E-state index is 12.9. The average molecular weight is 591 g/mol. The molecular weight excluding hydrogens is 544 g/mol. The molecule has 0 spiro atoms. The molecule has 0 radical (unpaired) electrons. The number of benzene rings is 1. The van der Waals surface area contributed by atoms with Gasteiger partial charge in [-0.1, -0.05) is 76.6 Å². The topological polar surface area (TPSA) is 113 Å². The van der Waals surface area contributed by atoms with Crippen LogP contribution in [-0.2, 0) is 4.74 Å². The van der Waals surface area contributed by atoms with Gasteiger partial charge in [-0.05, 0) is 85.5 Å². The molecule has 3 fully saturated rings. The van der Waals surface area contributed by atoms with Crippen LogP contribution in [-0.4, -0.2) is 21.9 Å². The van der Waals surface area contributed by atoms with E-state index < -0.39 is 33.3 Å². The Balaban J connectivity index is 1.47. The molecule has 8 nitrogen and oxygen atoms in total. The summed E-state index contributed by atoms with van der Waals surface area (Å²) < 4.78 is 5.70. The first kappa shape index (κ1) is 32.4. The van der Waals surface area contributed by atoms with Crippen LogP contribution in [0.3, 0.4) is 0 Å². The Hall–Kier alpha value is -3.55. The van der Waals surface area contributed by atoms with Crippen molar-refractivity contribution in [2.75, 3.05) is 0 Å². The van der Waals surface area contributed by atoms with Crippen LogP contribution < -0.4 is 0 Å². The van der Waals surface area contributed by atoms with Gasteiger partial charge in [0.25, 0.3) is 11.4 Å². The van der Waals surface area contributed by atoms with Crippen LogP contribution in [0, 0.1) is 55.2 Å². The van der Waals surface area contributed by atoms with Gasteiger partial charge in [0, 0.05) is 18.6 Å². The highest BCUT2D eigenvalue weighted by Crippen LogP contribution is 2.59. The fraction of sp³-hybridized carbons (Fsp3) is 0.571. The van der Waals surface area contributed by atoms with Crippen molar-refractivity contribution < 1.29 is 19.4 Å². The minimum Gasteiger partial charge on any atom is -0.458 e. The van der Waals surface area contributed by atoms with Crippen molar-refractivity contribution in [1.82, 2.24) is 0 Å². The van der Waals surface area contributed by atoms with Crippen LogP contribution in [0.4, 0.5) is 11.4 Å². The molecular formula is C35H46N2O6. The predicted molar refractivity (Wildman–Crippen MR) is 169 cm³/mol. The van der Waals surface area contributed by atoms with Gasteiger partial charge in [0.15, 0.2) is 0 Å². The van der Waals surface area contributed by atoms with Gasteiger partial charge in [0.05, 0.1) is 21.5 Å². The lowest BCUT2D eigenvalue weighted by molar-refractivity contribution is -0.394. The smallest absolute Gasteiger partial charge is 0.338 e. The molecule has 0 aromatic heterocycles. The third-order valence-corrected chi connectivity index (χ3v) is 10.4. The summed E-state index contributed by atoms with van der Waals surface area (Å²) >= 11 is 0. The number of ether oxygens (including phenoxy) is 1. The van der Waals surface area contributed by atoms with Crippen LogP contribution >= 0.6 is 0 Å². The van der Waals surface area contributed by atoms with Crippen molar-refractivity contribution in [3.63, 3.8) is 0 Å². The number of non-ortho nitro benzene ring substituents is 2. The highest BCUT2D eigenvalue weighted by atomic mass is 16.6. The summed E-state index contributed by atoms with van der Waals surface area (Å²) in [5.41, 5.74) is 2.63. The van der Waals surface area contributed by atoms with Gasteiger partial charge in [0.1, 0.15) is 6.10 Å². The molecule has 3 aliphatic rings. The SMILES string of the molecule is C=C1CC[C@H](OC(=O)c2cc([N+](=O)[O-])cc([N+](=O)[O-])c2)C/C1=C\C=C1/CCC[C@]2(C)[C@@H]1CC[C@@H]2[C@@H](C)/C=C/[C@H](C)C(C)C. The maximum Gasteiger partial charge on any atom is 0.338 e. The lowest BCUT2D eigenvalue weighted by Gasteiger charge is -2.44. The van der Waals surface area contributed by atoms with E-state index in [0.29, 0.717) is 48.9 Å². The lowest BCUT2D eigenvalue weighted by atomic mass is 9.61. The third kappa shape index (κ3) is 7.34. The third-order valence-electron chi connectivity index (χ3n) is 10.4. The van der Waals surface area contributed by atoms with Gasteiger partial charge in [0.2, 0.25) is 0 Å². The van der Waals surface area contributed by atoms with Crippen LogP contribution in [0.2, 0.25) is 0 Å². The van der Waals surface area contributed by atoms with E-state index in [9.17, 15) is 25.0 Å². The second kappa shape index (κ2) is 13.4. The fourth-order valence-electron chi connectivity index (χ4n) is 7.47. The second-order valence-corrected chi connectivity index (χ2v) is 13.5. The molecule has 8 heteroatoms. The molecule has 0 aliphatic heterocycles. The Morgan fingerprint density at radius 2 is 1.67 bits per heavy atom. The molecule has 3 saturated carbocycles. The molecule has 0 saturated heterocycles. The summed E-state index contributed by atoms with van der Waals surface area (Å²) in [6, 6.07) is 2.88. The molecule has 0 unspecified atom stereocenters. The molecule has 0 bridgehead atoms.